The Labute approximate surface area is 138 Å². The van der Waals surface area contributed by atoms with Gasteiger partial charge in [0.25, 0.3) is 0 Å². The van der Waals surface area contributed by atoms with E-state index in [1.54, 1.807) is 4.68 Å². The lowest BCUT2D eigenvalue weighted by molar-refractivity contribution is 0.108. The van der Waals surface area contributed by atoms with E-state index in [0.29, 0.717) is 25.7 Å². The lowest BCUT2D eigenvalue weighted by atomic mass is 10.1. The van der Waals surface area contributed by atoms with Crippen molar-refractivity contribution in [1.29, 1.82) is 0 Å². The number of nitrogens with one attached hydrogen (secondary N) is 1. The van der Waals surface area contributed by atoms with Crippen molar-refractivity contribution >= 4 is 10.0 Å². The van der Waals surface area contributed by atoms with E-state index in [4.69, 9.17) is 4.74 Å². The molecule has 2 heterocycles. The van der Waals surface area contributed by atoms with E-state index >= 15 is 0 Å². The molecule has 0 saturated carbocycles. The van der Waals surface area contributed by atoms with Crippen molar-refractivity contribution in [2.75, 3.05) is 13.2 Å². The zero-order valence-electron chi connectivity index (χ0n) is 13.1. The molecule has 0 fully saturated rings. The van der Waals surface area contributed by atoms with Crippen LogP contribution in [0.15, 0.2) is 23.1 Å². The van der Waals surface area contributed by atoms with Crippen LogP contribution in [0.2, 0.25) is 0 Å². The maximum atomic E-state index is 13.2. The molecule has 3 rings (SSSR count). The molecule has 1 aliphatic heterocycles. The van der Waals surface area contributed by atoms with Gasteiger partial charge in [0.05, 0.1) is 23.8 Å². The molecule has 6 nitrogen and oxygen atoms in total. The van der Waals surface area contributed by atoms with Gasteiger partial charge in [0.1, 0.15) is 11.6 Å². The second-order valence-electron chi connectivity index (χ2n) is 5.55. The molecule has 2 aromatic rings. The van der Waals surface area contributed by atoms with Crippen molar-refractivity contribution in [2.45, 2.75) is 24.3 Å². The predicted molar refractivity (Wildman–Crippen MR) is 81.8 cm³/mol. The third kappa shape index (κ3) is 3.47. The molecule has 1 aliphatic rings. The van der Waals surface area contributed by atoms with Crippen LogP contribution in [0.25, 0.3) is 0 Å². The van der Waals surface area contributed by atoms with Crippen molar-refractivity contribution in [3.8, 4) is 0 Å². The highest BCUT2D eigenvalue weighted by atomic mass is 32.2. The predicted octanol–water partition coefficient (Wildman–Crippen LogP) is 1.29. The van der Waals surface area contributed by atoms with Crippen LogP contribution in [0.4, 0.5) is 8.78 Å². The first-order valence-electron chi connectivity index (χ1n) is 7.44. The molecule has 0 amide bonds. The Hall–Kier alpha value is -1.84. The third-order valence-electron chi connectivity index (χ3n) is 3.89. The van der Waals surface area contributed by atoms with Gasteiger partial charge in [-0.1, -0.05) is 0 Å². The van der Waals surface area contributed by atoms with Gasteiger partial charge in [0, 0.05) is 43.8 Å². The van der Waals surface area contributed by atoms with Crippen LogP contribution in [0, 0.1) is 11.6 Å². The summed E-state index contributed by atoms with van der Waals surface area (Å²) in [6, 6.07) is 2.18. The first-order valence-corrected chi connectivity index (χ1v) is 8.92. The van der Waals surface area contributed by atoms with Crippen molar-refractivity contribution in [2.24, 2.45) is 7.05 Å². The summed E-state index contributed by atoms with van der Waals surface area (Å²) in [7, 11) is -2.15. The number of aryl methyl sites for hydroxylation is 1. The van der Waals surface area contributed by atoms with Gasteiger partial charge >= 0.3 is 0 Å². The summed E-state index contributed by atoms with van der Waals surface area (Å²) in [6.07, 6.45) is 1.14. The minimum absolute atomic E-state index is 0.0733. The average Bonchev–Trinajstić information content (AvgIpc) is 2.83. The van der Waals surface area contributed by atoms with Gasteiger partial charge in [-0.2, -0.15) is 5.10 Å². The summed E-state index contributed by atoms with van der Waals surface area (Å²) in [5.41, 5.74) is 2.84. The average molecular weight is 357 g/mol. The Morgan fingerprint density at radius 1 is 1.29 bits per heavy atom. The maximum Gasteiger partial charge on any atom is 0.240 e. The Morgan fingerprint density at radius 2 is 2.00 bits per heavy atom. The van der Waals surface area contributed by atoms with E-state index < -0.39 is 26.6 Å². The fraction of sp³-hybridized carbons (Fsp3) is 0.400. The van der Waals surface area contributed by atoms with Crippen LogP contribution in [0.3, 0.4) is 0 Å². The van der Waals surface area contributed by atoms with Gasteiger partial charge < -0.3 is 4.74 Å². The van der Waals surface area contributed by atoms with Crippen LogP contribution in [0.5, 0.6) is 0 Å². The molecule has 130 valence electrons. The molecular formula is C15H17F2N3O3S. The van der Waals surface area contributed by atoms with Crippen molar-refractivity contribution in [3.63, 3.8) is 0 Å². The van der Waals surface area contributed by atoms with Crippen LogP contribution in [-0.2, 0) is 41.3 Å². The zero-order valence-corrected chi connectivity index (χ0v) is 13.9. The first-order chi connectivity index (χ1) is 11.4. The number of hydrogen-bond acceptors (Lipinski definition) is 4. The quantitative estimate of drug-likeness (QED) is 0.875. The van der Waals surface area contributed by atoms with Gasteiger partial charge in [-0.05, 0) is 12.1 Å². The molecular weight excluding hydrogens is 340 g/mol. The Morgan fingerprint density at radius 3 is 2.71 bits per heavy atom. The number of hydrogen-bond donors (Lipinski definition) is 1. The van der Waals surface area contributed by atoms with Crippen LogP contribution >= 0.6 is 0 Å². The zero-order chi connectivity index (χ0) is 17.3. The van der Waals surface area contributed by atoms with E-state index in [2.05, 4.69) is 9.82 Å². The molecule has 1 aromatic heterocycles. The second kappa shape index (κ2) is 6.58. The fourth-order valence-corrected chi connectivity index (χ4v) is 3.83. The van der Waals surface area contributed by atoms with Crippen molar-refractivity contribution < 1.29 is 21.9 Å². The van der Waals surface area contributed by atoms with Crippen LogP contribution in [0.1, 0.15) is 17.0 Å². The highest BCUT2D eigenvalue weighted by Crippen LogP contribution is 2.20. The van der Waals surface area contributed by atoms with Crippen molar-refractivity contribution in [1.82, 2.24) is 14.5 Å². The SMILES string of the molecule is Cn1nc(CCNS(=O)(=O)c2cc(F)cc(F)c2)c2c1CCOC2. The molecule has 1 N–H and O–H groups in total. The van der Waals surface area contributed by atoms with Crippen molar-refractivity contribution in [3.05, 3.63) is 46.8 Å². The standard InChI is InChI=1S/C15H17F2N3O3S/c1-20-15-3-5-23-9-13(15)14(19-20)2-4-18-24(21,22)12-7-10(16)6-11(17)8-12/h6-8,18H,2-5,9H2,1H3. The van der Waals surface area contributed by atoms with Gasteiger partial charge in [-0.15, -0.1) is 0 Å². The summed E-state index contributed by atoms with van der Waals surface area (Å²) in [6.45, 7) is 1.17. The summed E-state index contributed by atoms with van der Waals surface area (Å²) < 4.78 is 60.1. The molecule has 1 aromatic carbocycles. The van der Waals surface area contributed by atoms with Gasteiger partial charge in [0.2, 0.25) is 10.0 Å². The van der Waals surface area contributed by atoms with Gasteiger partial charge in [0.15, 0.2) is 0 Å². The first kappa shape index (κ1) is 17.0. The highest BCUT2D eigenvalue weighted by Gasteiger charge is 2.21. The third-order valence-corrected chi connectivity index (χ3v) is 5.33. The molecule has 0 spiro atoms. The Kier molecular flexibility index (Phi) is 4.66. The van der Waals surface area contributed by atoms with E-state index in [1.807, 2.05) is 7.05 Å². The molecule has 0 bridgehead atoms. The monoisotopic (exact) mass is 357 g/mol. The Bertz CT molecular complexity index is 845. The van der Waals surface area contributed by atoms with E-state index in [0.717, 1.165) is 35.5 Å². The number of aromatic nitrogens is 2. The maximum absolute atomic E-state index is 13.2. The second-order valence-corrected chi connectivity index (χ2v) is 7.32. The van der Waals surface area contributed by atoms with Gasteiger partial charge in [-0.3, -0.25) is 4.68 Å². The van der Waals surface area contributed by atoms with Crippen LogP contribution < -0.4 is 4.72 Å². The van der Waals surface area contributed by atoms with E-state index in [9.17, 15) is 17.2 Å². The summed E-state index contributed by atoms with van der Waals surface area (Å²) >= 11 is 0. The smallest absolute Gasteiger partial charge is 0.240 e. The molecule has 0 atom stereocenters. The number of benzene rings is 1. The lowest BCUT2D eigenvalue weighted by Crippen LogP contribution is -2.26. The molecule has 9 heteroatoms. The minimum atomic E-state index is -3.99. The summed E-state index contributed by atoms with van der Waals surface area (Å²) in [5, 5.41) is 4.39. The normalized spacial score (nSPS) is 14.6. The number of nitrogens with zero attached hydrogens (tertiary/aromatic N) is 2. The summed E-state index contributed by atoms with van der Waals surface area (Å²) in [4.78, 5) is -0.439. The van der Waals surface area contributed by atoms with E-state index in [1.165, 1.54) is 0 Å². The fourth-order valence-electron chi connectivity index (χ4n) is 2.76. The Balaban J connectivity index is 1.70. The van der Waals surface area contributed by atoms with Gasteiger partial charge in [-0.25, -0.2) is 21.9 Å². The number of rotatable bonds is 5. The number of sulfonamides is 1. The van der Waals surface area contributed by atoms with Crippen LogP contribution in [-0.4, -0.2) is 31.3 Å². The number of fused-ring (bicyclic) bond motifs is 1. The minimum Gasteiger partial charge on any atom is -0.376 e. The lowest BCUT2D eigenvalue weighted by Gasteiger charge is -2.13. The topological polar surface area (TPSA) is 73.2 Å². The highest BCUT2D eigenvalue weighted by molar-refractivity contribution is 7.89. The number of ether oxygens (including phenoxy) is 1. The number of halogens is 2. The molecule has 0 radical (unpaired) electrons. The molecule has 0 saturated heterocycles. The largest absolute Gasteiger partial charge is 0.376 e. The molecule has 0 aliphatic carbocycles. The molecule has 0 unspecified atom stereocenters. The molecule has 24 heavy (non-hydrogen) atoms. The van der Waals surface area contributed by atoms with E-state index in [-0.39, 0.29) is 6.54 Å². The summed E-state index contributed by atoms with van der Waals surface area (Å²) in [5.74, 6) is -1.88.